The lowest BCUT2D eigenvalue weighted by Crippen LogP contribution is -2.47. The van der Waals surface area contributed by atoms with Gasteiger partial charge in [0.15, 0.2) is 0 Å². The number of para-hydroxylation sites is 1. The summed E-state index contributed by atoms with van der Waals surface area (Å²) in [6, 6.07) is 12.2. The highest BCUT2D eigenvalue weighted by atomic mass is 19.1. The Morgan fingerprint density at radius 1 is 1.00 bits per heavy atom. The molecule has 0 aliphatic carbocycles. The van der Waals surface area contributed by atoms with Crippen molar-refractivity contribution >= 4 is 17.4 Å². The maximum absolute atomic E-state index is 14.0. The summed E-state index contributed by atoms with van der Waals surface area (Å²) in [4.78, 5) is 28.9. The minimum atomic E-state index is -0.254. The molecule has 1 amide bonds. The first-order chi connectivity index (χ1) is 14.2. The van der Waals surface area contributed by atoms with Gasteiger partial charge >= 0.3 is 0 Å². The van der Waals surface area contributed by atoms with Crippen LogP contribution in [-0.2, 0) is 6.54 Å². The molecule has 1 aliphatic heterocycles. The number of carbonyl (C=O) groups is 1. The van der Waals surface area contributed by atoms with Gasteiger partial charge in [-0.3, -0.25) is 9.78 Å². The number of halogens is 1. The zero-order chi connectivity index (χ0) is 20.1. The molecule has 1 N–H and O–H groups in total. The van der Waals surface area contributed by atoms with Crippen molar-refractivity contribution < 1.29 is 9.18 Å². The number of rotatable bonds is 5. The first-order valence-corrected chi connectivity index (χ1v) is 9.44. The molecular formula is C21H21FN6O. The first-order valence-electron chi connectivity index (χ1n) is 9.44. The summed E-state index contributed by atoms with van der Waals surface area (Å²) >= 11 is 0. The van der Waals surface area contributed by atoms with Crippen molar-refractivity contribution in [3.63, 3.8) is 0 Å². The van der Waals surface area contributed by atoms with Crippen molar-refractivity contribution in [3.8, 4) is 0 Å². The normalized spacial score (nSPS) is 14.0. The Hall–Kier alpha value is -3.55. The average molecular weight is 392 g/mol. The molecule has 4 rings (SSSR count). The predicted octanol–water partition coefficient (Wildman–Crippen LogP) is 2.27. The van der Waals surface area contributed by atoms with Gasteiger partial charge in [-0.1, -0.05) is 12.1 Å². The molecule has 0 spiro atoms. The zero-order valence-corrected chi connectivity index (χ0v) is 15.8. The molecule has 1 aromatic carbocycles. The topological polar surface area (TPSA) is 74.2 Å². The lowest BCUT2D eigenvalue weighted by Gasteiger charge is -2.36. The highest BCUT2D eigenvalue weighted by Crippen LogP contribution is 2.22. The Morgan fingerprint density at radius 3 is 2.48 bits per heavy atom. The van der Waals surface area contributed by atoms with Crippen molar-refractivity contribution in [2.45, 2.75) is 6.54 Å². The first kappa shape index (κ1) is 18.8. The summed E-state index contributed by atoms with van der Waals surface area (Å²) in [5.74, 6) is 0.230. The second-order valence-electron chi connectivity index (χ2n) is 6.73. The fraction of sp³-hybridized carbons (Fsp3) is 0.238. The van der Waals surface area contributed by atoms with E-state index in [9.17, 15) is 9.18 Å². The van der Waals surface area contributed by atoms with E-state index in [4.69, 9.17) is 0 Å². The Kier molecular flexibility index (Phi) is 5.60. The molecule has 1 fully saturated rings. The molecule has 0 unspecified atom stereocenters. The lowest BCUT2D eigenvalue weighted by molar-refractivity contribution is 0.0945. The van der Waals surface area contributed by atoms with Gasteiger partial charge in [0.2, 0.25) is 0 Å². The number of nitrogens with zero attached hydrogens (tertiary/aromatic N) is 5. The van der Waals surface area contributed by atoms with Crippen LogP contribution in [0.1, 0.15) is 16.1 Å². The third-order valence-corrected chi connectivity index (χ3v) is 4.88. The number of piperazine rings is 1. The van der Waals surface area contributed by atoms with Crippen LogP contribution in [-0.4, -0.2) is 47.0 Å². The lowest BCUT2D eigenvalue weighted by atomic mass is 10.2. The molecule has 148 valence electrons. The van der Waals surface area contributed by atoms with E-state index in [1.165, 1.54) is 12.4 Å². The largest absolute Gasteiger partial charge is 0.366 e. The molecule has 0 saturated carbocycles. The van der Waals surface area contributed by atoms with E-state index >= 15 is 0 Å². The molecule has 3 aromatic rings. The number of amides is 1. The number of aromatic nitrogens is 3. The summed E-state index contributed by atoms with van der Waals surface area (Å²) in [6.45, 7) is 3.12. The van der Waals surface area contributed by atoms with Gasteiger partial charge in [0.05, 0.1) is 5.69 Å². The minimum absolute atomic E-state index is 0.212. The molecular weight excluding hydrogens is 371 g/mol. The standard InChI is InChI=1S/C21H21FN6O/c22-17-3-1-2-4-19(17)27-9-11-28(12-10-27)20-13-18(25-15-26-20)21(29)24-14-16-5-7-23-8-6-16/h1-8,13,15H,9-12,14H2,(H,24,29). The van der Waals surface area contributed by atoms with Crippen LogP contribution in [0.25, 0.3) is 0 Å². The molecule has 1 aliphatic rings. The molecule has 7 nitrogen and oxygen atoms in total. The number of hydrogen-bond acceptors (Lipinski definition) is 6. The van der Waals surface area contributed by atoms with Crippen LogP contribution in [0.3, 0.4) is 0 Å². The van der Waals surface area contributed by atoms with Gasteiger partial charge in [-0.25, -0.2) is 14.4 Å². The summed E-state index contributed by atoms with van der Waals surface area (Å²) in [5.41, 5.74) is 1.90. The monoisotopic (exact) mass is 392 g/mol. The van der Waals surface area contributed by atoms with Crippen LogP contribution in [0.15, 0.2) is 61.2 Å². The Balaban J connectivity index is 1.38. The van der Waals surface area contributed by atoms with Crippen LogP contribution < -0.4 is 15.1 Å². The van der Waals surface area contributed by atoms with Crippen molar-refractivity contribution in [1.82, 2.24) is 20.3 Å². The summed E-state index contributed by atoms with van der Waals surface area (Å²) < 4.78 is 14.0. The van der Waals surface area contributed by atoms with Gasteiger partial charge in [0, 0.05) is 51.2 Å². The number of anilines is 2. The Morgan fingerprint density at radius 2 is 1.72 bits per heavy atom. The highest BCUT2D eigenvalue weighted by Gasteiger charge is 2.21. The smallest absolute Gasteiger partial charge is 0.270 e. The van der Waals surface area contributed by atoms with Crippen LogP contribution in [0.5, 0.6) is 0 Å². The molecule has 8 heteroatoms. The van der Waals surface area contributed by atoms with Crippen molar-refractivity contribution in [2.75, 3.05) is 36.0 Å². The molecule has 0 radical (unpaired) electrons. The van der Waals surface area contributed by atoms with Gasteiger partial charge in [-0.05, 0) is 29.8 Å². The molecule has 2 aromatic heterocycles. The average Bonchev–Trinajstić information content (AvgIpc) is 2.79. The van der Waals surface area contributed by atoms with E-state index in [2.05, 4.69) is 25.2 Å². The number of pyridine rings is 1. The highest BCUT2D eigenvalue weighted by molar-refractivity contribution is 5.92. The summed E-state index contributed by atoms with van der Waals surface area (Å²) in [5, 5.41) is 2.85. The van der Waals surface area contributed by atoms with Crippen LogP contribution >= 0.6 is 0 Å². The van der Waals surface area contributed by atoms with Gasteiger partial charge in [0.1, 0.15) is 23.7 Å². The third-order valence-electron chi connectivity index (χ3n) is 4.88. The second kappa shape index (κ2) is 8.64. The number of carbonyl (C=O) groups excluding carboxylic acids is 1. The van der Waals surface area contributed by atoms with Crippen LogP contribution in [0, 0.1) is 5.82 Å². The summed E-state index contributed by atoms with van der Waals surface area (Å²) in [7, 11) is 0. The third kappa shape index (κ3) is 4.48. The van der Waals surface area contributed by atoms with E-state index in [0.29, 0.717) is 49.9 Å². The Labute approximate surface area is 168 Å². The predicted molar refractivity (Wildman–Crippen MR) is 108 cm³/mol. The fourth-order valence-corrected chi connectivity index (χ4v) is 3.30. The number of nitrogens with one attached hydrogen (secondary N) is 1. The summed E-state index contributed by atoms with van der Waals surface area (Å²) in [6.07, 6.45) is 4.77. The van der Waals surface area contributed by atoms with Gasteiger partial charge in [-0.15, -0.1) is 0 Å². The van der Waals surface area contributed by atoms with Gasteiger partial charge in [-0.2, -0.15) is 0 Å². The molecule has 0 bridgehead atoms. The molecule has 0 atom stereocenters. The zero-order valence-electron chi connectivity index (χ0n) is 15.8. The van der Waals surface area contributed by atoms with Crippen molar-refractivity contribution in [1.29, 1.82) is 0 Å². The minimum Gasteiger partial charge on any atom is -0.366 e. The van der Waals surface area contributed by atoms with Gasteiger partial charge in [0.25, 0.3) is 5.91 Å². The maximum atomic E-state index is 14.0. The van der Waals surface area contributed by atoms with E-state index in [1.54, 1.807) is 30.6 Å². The number of benzene rings is 1. The quantitative estimate of drug-likeness (QED) is 0.718. The van der Waals surface area contributed by atoms with E-state index in [0.717, 1.165) is 5.56 Å². The van der Waals surface area contributed by atoms with Crippen molar-refractivity contribution in [2.24, 2.45) is 0 Å². The van der Waals surface area contributed by atoms with E-state index in [1.807, 2.05) is 23.1 Å². The maximum Gasteiger partial charge on any atom is 0.270 e. The van der Waals surface area contributed by atoms with Gasteiger partial charge < -0.3 is 15.1 Å². The molecule has 3 heterocycles. The SMILES string of the molecule is O=C(NCc1ccncc1)c1cc(N2CCN(c3ccccc3F)CC2)ncn1. The van der Waals surface area contributed by atoms with Crippen molar-refractivity contribution in [3.05, 3.63) is 78.3 Å². The van der Waals surface area contributed by atoms with Crippen LogP contribution in [0.4, 0.5) is 15.9 Å². The Bertz CT molecular complexity index is 976. The number of hydrogen-bond donors (Lipinski definition) is 1. The second-order valence-corrected chi connectivity index (χ2v) is 6.73. The fourth-order valence-electron chi connectivity index (χ4n) is 3.30. The van der Waals surface area contributed by atoms with Crippen LogP contribution in [0.2, 0.25) is 0 Å². The van der Waals surface area contributed by atoms with E-state index < -0.39 is 0 Å². The molecule has 29 heavy (non-hydrogen) atoms. The molecule has 1 saturated heterocycles. The van der Waals surface area contributed by atoms with E-state index in [-0.39, 0.29) is 11.7 Å².